The van der Waals surface area contributed by atoms with Crippen molar-refractivity contribution in [2.45, 2.75) is 32.1 Å². The molecule has 1 aliphatic carbocycles. The molecule has 4 nitrogen and oxygen atoms in total. The predicted octanol–water partition coefficient (Wildman–Crippen LogP) is 2.65. The van der Waals surface area contributed by atoms with E-state index in [0.717, 1.165) is 13.0 Å². The molecule has 0 fully saturated rings. The van der Waals surface area contributed by atoms with Crippen molar-refractivity contribution < 1.29 is 0 Å². The zero-order valence-electron chi connectivity index (χ0n) is 9.82. The van der Waals surface area contributed by atoms with Crippen molar-refractivity contribution in [3.63, 3.8) is 0 Å². The molecule has 17 heavy (non-hydrogen) atoms. The largest absolute Gasteiger partial charge is 0.367 e. The van der Waals surface area contributed by atoms with E-state index >= 15 is 0 Å². The van der Waals surface area contributed by atoms with Gasteiger partial charge in [-0.05, 0) is 38.2 Å². The molecule has 0 atom stereocenters. The van der Waals surface area contributed by atoms with E-state index < -0.39 is 0 Å². The van der Waals surface area contributed by atoms with Gasteiger partial charge in [-0.25, -0.2) is 0 Å². The van der Waals surface area contributed by atoms with Crippen LogP contribution >= 0.6 is 0 Å². The van der Waals surface area contributed by atoms with Crippen LogP contribution in [-0.4, -0.2) is 16.7 Å². The molecule has 1 aliphatic rings. The summed E-state index contributed by atoms with van der Waals surface area (Å²) in [5.41, 5.74) is 2.07. The van der Waals surface area contributed by atoms with Crippen LogP contribution in [-0.2, 0) is 0 Å². The first-order valence-electron chi connectivity index (χ1n) is 6.04. The van der Waals surface area contributed by atoms with Crippen molar-refractivity contribution in [1.82, 2.24) is 10.2 Å². The van der Waals surface area contributed by atoms with Crippen molar-refractivity contribution in [1.29, 1.82) is 5.26 Å². The van der Waals surface area contributed by atoms with Gasteiger partial charge in [-0.1, -0.05) is 11.6 Å². The van der Waals surface area contributed by atoms with Gasteiger partial charge in [-0.2, -0.15) is 10.4 Å². The van der Waals surface area contributed by atoms with Crippen molar-refractivity contribution >= 4 is 5.82 Å². The van der Waals surface area contributed by atoms with Gasteiger partial charge in [0, 0.05) is 6.54 Å². The van der Waals surface area contributed by atoms with E-state index in [1.807, 2.05) is 0 Å². The Morgan fingerprint density at radius 3 is 3.12 bits per heavy atom. The summed E-state index contributed by atoms with van der Waals surface area (Å²) in [6, 6.07) is 3.78. The highest BCUT2D eigenvalue weighted by atomic mass is 15.2. The first-order chi connectivity index (χ1) is 8.40. The van der Waals surface area contributed by atoms with E-state index in [0.29, 0.717) is 11.4 Å². The number of hydrogen-bond donors (Lipinski definition) is 1. The van der Waals surface area contributed by atoms with Gasteiger partial charge in [0.1, 0.15) is 6.07 Å². The number of nitrogens with one attached hydrogen (secondary N) is 1. The summed E-state index contributed by atoms with van der Waals surface area (Å²) in [6.45, 7) is 0.819. The average Bonchev–Trinajstić information content (AvgIpc) is 2.40. The number of allylic oxidation sites excluding steroid dienone is 1. The third kappa shape index (κ3) is 3.28. The molecule has 2 rings (SSSR count). The van der Waals surface area contributed by atoms with Gasteiger partial charge in [0.25, 0.3) is 0 Å². The lowest BCUT2D eigenvalue weighted by molar-refractivity contribution is 0.679. The van der Waals surface area contributed by atoms with Gasteiger partial charge in [0.2, 0.25) is 0 Å². The Balaban J connectivity index is 1.86. The summed E-state index contributed by atoms with van der Waals surface area (Å²) in [6.07, 6.45) is 9.96. The molecule has 0 bridgehead atoms. The van der Waals surface area contributed by atoms with Crippen LogP contribution in [0.1, 0.15) is 37.7 Å². The van der Waals surface area contributed by atoms with Crippen LogP contribution in [0.3, 0.4) is 0 Å². The molecular weight excluding hydrogens is 212 g/mol. The minimum Gasteiger partial charge on any atom is -0.367 e. The molecule has 4 heteroatoms. The Kier molecular flexibility index (Phi) is 4.09. The monoisotopic (exact) mass is 228 g/mol. The van der Waals surface area contributed by atoms with E-state index in [9.17, 15) is 0 Å². The van der Waals surface area contributed by atoms with E-state index in [1.54, 1.807) is 6.07 Å². The summed E-state index contributed by atoms with van der Waals surface area (Å²) >= 11 is 0. The maximum atomic E-state index is 8.90. The van der Waals surface area contributed by atoms with Crippen molar-refractivity contribution in [3.05, 3.63) is 29.5 Å². The van der Waals surface area contributed by atoms with Crippen molar-refractivity contribution in [2.24, 2.45) is 0 Å². The molecule has 0 radical (unpaired) electrons. The fourth-order valence-electron chi connectivity index (χ4n) is 2.03. The summed E-state index contributed by atoms with van der Waals surface area (Å²) in [7, 11) is 0. The van der Waals surface area contributed by atoms with Crippen molar-refractivity contribution in [2.75, 3.05) is 11.9 Å². The van der Waals surface area contributed by atoms with Gasteiger partial charge < -0.3 is 5.32 Å². The summed E-state index contributed by atoms with van der Waals surface area (Å²) in [5.74, 6) is 0.589. The Hall–Kier alpha value is -1.89. The molecule has 0 aliphatic heterocycles. The smallest absolute Gasteiger partial charge is 0.166 e. The van der Waals surface area contributed by atoms with E-state index in [2.05, 4.69) is 27.7 Å². The maximum absolute atomic E-state index is 8.90. The van der Waals surface area contributed by atoms with Gasteiger partial charge in [0.15, 0.2) is 5.82 Å². The van der Waals surface area contributed by atoms with Crippen LogP contribution in [0, 0.1) is 11.3 Å². The summed E-state index contributed by atoms with van der Waals surface area (Å²) in [4.78, 5) is 0. The second-order valence-corrected chi connectivity index (χ2v) is 4.19. The molecule has 0 saturated carbocycles. The van der Waals surface area contributed by atoms with E-state index in [1.165, 1.54) is 37.5 Å². The van der Waals surface area contributed by atoms with Crippen LogP contribution in [0.4, 0.5) is 5.82 Å². The molecule has 0 aromatic carbocycles. The molecule has 1 aromatic rings. The van der Waals surface area contributed by atoms with E-state index in [-0.39, 0.29) is 0 Å². The third-order valence-corrected chi connectivity index (χ3v) is 2.96. The lowest BCUT2D eigenvalue weighted by Gasteiger charge is -2.13. The standard InChI is InChI=1S/C13H16N4/c14-10-12-7-9-16-17-13(12)15-8-6-11-4-2-1-3-5-11/h4,7,9H,1-3,5-6,8H2,(H,15,17). The molecule has 1 heterocycles. The Bertz CT molecular complexity index is 445. The molecule has 0 saturated heterocycles. The first-order valence-corrected chi connectivity index (χ1v) is 6.04. The van der Waals surface area contributed by atoms with Crippen molar-refractivity contribution in [3.8, 4) is 6.07 Å². The molecule has 0 unspecified atom stereocenters. The van der Waals surface area contributed by atoms with Crippen LogP contribution < -0.4 is 5.32 Å². The SMILES string of the molecule is N#Cc1ccnnc1NCCC1=CCCCC1. The first kappa shape index (κ1) is 11.6. The predicted molar refractivity (Wildman–Crippen MR) is 66.4 cm³/mol. The fourth-order valence-corrected chi connectivity index (χ4v) is 2.03. The number of hydrogen-bond acceptors (Lipinski definition) is 4. The second-order valence-electron chi connectivity index (χ2n) is 4.19. The van der Waals surface area contributed by atoms with Gasteiger partial charge in [-0.3, -0.25) is 0 Å². The summed E-state index contributed by atoms with van der Waals surface area (Å²) in [5, 5.41) is 19.8. The van der Waals surface area contributed by atoms with Gasteiger partial charge >= 0.3 is 0 Å². The average molecular weight is 228 g/mol. The third-order valence-electron chi connectivity index (χ3n) is 2.96. The minimum atomic E-state index is 0.553. The zero-order chi connectivity index (χ0) is 11.9. The number of nitriles is 1. The lowest BCUT2D eigenvalue weighted by Crippen LogP contribution is -2.07. The normalized spacial score (nSPS) is 14.9. The molecule has 88 valence electrons. The molecule has 0 amide bonds. The Morgan fingerprint density at radius 1 is 1.41 bits per heavy atom. The Labute approximate surface area is 101 Å². The summed E-state index contributed by atoms with van der Waals surface area (Å²) < 4.78 is 0. The van der Waals surface area contributed by atoms with Gasteiger partial charge in [0.05, 0.1) is 11.8 Å². The number of rotatable bonds is 4. The number of aromatic nitrogens is 2. The lowest BCUT2D eigenvalue weighted by atomic mass is 9.97. The number of anilines is 1. The highest BCUT2D eigenvalue weighted by molar-refractivity contribution is 5.50. The zero-order valence-corrected chi connectivity index (χ0v) is 9.82. The molecule has 0 spiro atoms. The van der Waals surface area contributed by atoms with Crippen LogP contribution in [0.25, 0.3) is 0 Å². The topological polar surface area (TPSA) is 61.6 Å². The molecular formula is C13H16N4. The fraction of sp³-hybridized carbons (Fsp3) is 0.462. The minimum absolute atomic E-state index is 0.553. The van der Waals surface area contributed by atoms with Crippen LogP contribution in [0.2, 0.25) is 0 Å². The highest BCUT2D eigenvalue weighted by Gasteiger charge is 2.05. The highest BCUT2D eigenvalue weighted by Crippen LogP contribution is 2.20. The van der Waals surface area contributed by atoms with E-state index in [4.69, 9.17) is 5.26 Å². The molecule has 1 N–H and O–H groups in total. The van der Waals surface area contributed by atoms with Crippen LogP contribution in [0.15, 0.2) is 23.9 Å². The number of nitrogens with zero attached hydrogens (tertiary/aromatic N) is 3. The maximum Gasteiger partial charge on any atom is 0.166 e. The van der Waals surface area contributed by atoms with Crippen LogP contribution in [0.5, 0.6) is 0 Å². The Morgan fingerprint density at radius 2 is 2.35 bits per heavy atom. The van der Waals surface area contributed by atoms with Gasteiger partial charge in [-0.15, -0.1) is 5.10 Å². The second kappa shape index (κ2) is 6.00. The quantitative estimate of drug-likeness (QED) is 0.805. The molecule has 1 aromatic heterocycles.